The zero-order chi connectivity index (χ0) is 14.5. The van der Waals surface area contributed by atoms with Gasteiger partial charge in [0.2, 0.25) is 0 Å². The SMILES string of the molecule is c1cnc2c(-c3cn([C]4CCC4)nc3C3CC3)nccc2c1. The Morgan fingerprint density at radius 1 is 1.05 bits per heavy atom. The summed E-state index contributed by atoms with van der Waals surface area (Å²) in [7, 11) is 0. The van der Waals surface area contributed by atoms with Crippen molar-refractivity contribution < 1.29 is 0 Å². The maximum absolute atomic E-state index is 4.89. The Morgan fingerprint density at radius 2 is 1.95 bits per heavy atom. The lowest BCUT2D eigenvalue weighted by Gasteiger charge is -2.24. The molecule has 0 saturated heterocycles. The van der Waals surface area contributed by atoms with Crippen molar-refractivity contribution in [2.45, 2.75) is 38.0 Å². The molecule has 2 aliphatic rings. The summed E-state index contributed by atoms with van der Waals surface area (Å²) in [5, 5.41) is 6.03. The van der Waals surface area contributed by atoms with Crippen LogP contribution < -0.4 is 0 Å². The van der Waals surface area contributed by atoms with E-state index in [1.807, 2.05) is 24.5 Å². The first kappa shape index (κ1) is 12.3. The minimum atomic E-state index is 0.609. The number of hydrogen-bond acceptors (Lipinski definition) is 3. The van der Waals surface area contributed by atoms with Gasteiger partial charge in [0.25, 0.3) is 0 Å². The lowest BCUT2D eigenvalue weighted by Crippen LogP contribution is -2.18. The minimum absolute atomic E-state index is 0.609. The van der Waals surface area contributed by atoms with E-state index in [4.69, 9.17) is 5.10 Å². The fourth-order valence-electron chi connectivity index (χ4n) is 3.15. The van der Waals surface area contributed by atoms with Crippen molar-refractivity contribution in [1.29, 1.82) is 0 Å². The van der Waals surface area contributed by atoms with Crippen molar-refractivity contribution in [2.75, 3.05) is 0 Å². The predicted molar refractivity (Wildman–Crippen MR) is 85.2 cm³/mol. The Bertz CT molecular complexity index is 838. The van der Waals surface area contributed by atoms with E-state index in [9.17, 15) is 0 Å². The van der Waals surface area contributed by atoms with Gasteiger partial charge in [0.1, 0.15) is 0 Å². The fourth-order valence-corrected chi connectivity index (χ4v) is 3.15. The van der Waals surface area contributed by atoms with E-state index in [-0.39, 0.29) is 0 Å². The van der Waals surface area contributed by atoms with Gasteiger partial charge in [0, 0.05) is 35.5 Å². The van der Waals surface area contributed by atoms with Gasteiger partial charge in [-0.3, -0.25) is 14.6 Å². The molecule has 0 atom stereocenters. The second-order valence-electron chi connectivity index (χ2n) is 6.30. The van der Waals surface area contributed by atoms with E-state index in [0.29, 0.717) is 5.92 Å². The molecule has 0 aromatic carbocycles. The Hall–Kier alpha value is -2.23. The molecule has 109 valence electrons. The van der Waals surface area contributed by atoms with Crippen LogP contribution in [0.25, 0.3) is 22.2 Å². The molecule has 4 nitrogen and oxygen atoms in total. The van der Waals surface area contributed by atoms with Crippen LogP contribution in [0.4, 0.5) is 0 Å². The molecule has 0 unspecified atom stereocenters. The molecule has 0 amide bonds. The molecular formula is C18H17N4. The molecule has 5 rings (SSSR count). The summed E-state index contributed by atoms with van der Waals surface area (Å²) in [6.07, 6.45) is 12.0. The molecule has 0 spiro atoms. The third-order valence-corrected chi connectivity index (χ3v) is 4.74. The van der Waals surface area contributed by atoms with E-state index in [1.165, 1.54) is 49.4 Å². The van der Waals surface area contributed by atoms with Crippen molar-refractivity contribution in [3.63, 3.8) is 0 Å². The Balaban J connectivity index is 1.71. The van der Waals surface area contributed by atoms with E-state index in [1.54, 1.807) is 0 Å². The van der Waals surface area contributed by atoms with Crippen molar-refractivity contribution >= 4 is 10.9 Å². The Labute approximate surface area is 129 Å². The molecule has 3 aromatic heterocycles. The molecule has 22 heavy (non-hydrogen) atoms. The Morgan fingerprint density at radius 3 is 2.73 bits per heavy atom. The molecule has 3 aromatic rings. The molecule has 4 heteroatoms. The standard InChI is InChI=1S/C18H17N4/c1-4-14(5-1)22-11-15(16(21-22)13-6-7-13)18-17-12(8-10-20-18)3-2-9-19-17/h2-3,8-11,13H,1,4-7H2. The summed E-state index contributed by atoms with van der Waals surface area (Å²) < 4.78 is 2.11. The van der Waals surface area contributed by atoms with Crippen LogP contribution in [0, 0.1) is 6.04 Å². The maximum atomic E-state index is 4.89. The monoisotopic (exact) mass is 289 g/mol. The third-order valence-electron chi connectivity index (χ3n) is 4.74. The van der Waals surface area contributed by atoms with Crippen LogP contribution in [0.15, 0.2) is 36.8 Å². The maximum Gasteiger partial charge on any atom is 0.0999 e. The van der Waals surface area contributed by atoms with Gasteiger partial charge >= 0.3 is 0 Å². The normalized spacial score (nSPS) is 18.5. The average molecular weight is 289 g/mol. The van der Waals surface area contributed by atoms with Gasteiger partial charge in [0.05, 0.1) is 22.9 Å². The summed E-state index contributed by atoms with van der Waals surface area (Å²) in [6.45, 7) is 0. The predicted octanol–water partition coefficient (Wildman–Crippen LogP) is 3.93. The molecule has 0 bridgehead atoms. The molecular weight excluding hydrogens is 272 g/mol. The number of nitrogens with zero attached hydrogens (tertiary/aromatic N) is 4. The van der Waals surface area contributed by atoms with Gasteiger partial charge in [-0.25, -0.2) is 0 Å². The van der Waals surface area contributed by atoms with E-state index in [2.05, 4.69) is 26.9 Å². The molecule has 0 aliphatic heterocycles. The smallest absolute Gasteiger partial charge is 0.0999 e. The molecule has 1 radical (unpaired) electrons. The molecule has 2 aliphatic carbocycles. The van der Waals surface area contributed by atoms with Crippen LogP contribution in [-0.2, 0) is 0 Å². The lowest BCUT2D eigenvalue weighted by molar-refractivity contribution is 0.452. The summed E-state index contributed by atoms with van der Waals surface area (Å²) in [4.78, 5) is 9.20. The third kappa shape index (κ3) is 1.86. The molecule has 3 heterocycles. The first-order valence-electron chi connectivity index (χ1n) is 8.05. The largest absolute Gasteiger partial charge is 0.263 e. The second-order valence-corrected chi connectivity index (χ2v) is 6.30. The lowest BCUT2D eigenvalue weighted by atomic mass is 9.93. The highest BCUT2D eigenvalue weighted by molar-refractivity contribution is 5.91. The van der Waals surface area contributed by atoms with Crippen LogP contribution in [-0.4, -0.2) is 19.7 Å². The number of pyridine rings is 2. The second kappa shape index (κ2) is 4.63. The van der Waals surface area contributed by atoms with Crippen LogP contribution in [0.1, 0.15) is 43.7 Å². The highest BCUT2D eigenvalue weighted by atomic mass is 15.3. The quantitative estimate of drug-likeness (QED) is 0.733. The summed E-state index contributed by atoms with van der Waals surface area (Å²) in [6, 6.07) is 7.52. The average Bonchev–Trinajstić information content (AvgIpc) is 3.26. The minimum Gasteiger partial charge on any atom is -0.263 e. The van der Waals surface area contributed by atoms with E-state index >= 15 is 0 Å². The van der Waals surface area contributed by atoms with E-state index < -0.39 is 0 Å². The first-order chi connectivity index (χ1) is 10.9. The van der Waals surface area contributed by atoms with Crippen molar-refractivity contribution in [3.8, 4) is 11.3 Å². The van der Waals surface area contributed by atoms with Gasteiger partial charge in [-0.2, -0.15) is 5.10 Å². The van der Waals surface area contributed by atoms with Crippen LogP contribution >= 0.6 is 0 Å². The van der Waals surface area contributed by atoms with Crippen LogP contribution in [0.5, 0.6) is 0 Å². The van der Waals surface area contributed by atoms with Crippen molar-refractivity contribution in [3.05, 3.63) is 48.5 Å². The van der Waals surface area contributed by atoms with Gasteiger partial charge < -0.3 is 0 Å². The zero-order valence-electron chi connectivity index (χ0n) is 12.4. The van der Waals surface area contributed by atoms with Gasteiger partial charge in [-0.05, 0) is 44.2 Å². The number of hydrogen-bond donors (Lipinski definition) is 0. The number of rotatable bonds is 3. The van der Waals surface area contributed by atoms with Crippen LogP contribution in [0.3, 0.4) is 0 Å². The topological polar surface area (TPSA) is 43.6 Å². The highest BCUT2D eigenvalue weighted by Gasteiger charge is 2.32. The number of fused-ring (bicyclic) bond motifs is 1. The molecule has 2 fully saturated rings. The zero-order valence-corrected chi connectivity index (χ0v) is 12.4. The van der Waals surface area contributed by atoms with Gasteiger partial charge in [-0.1, -0.05) is 6.07 Å². The highest BCUT2D eigenvalue weighted by Crippen LogP contribution is 2.45. The van der Waals surface area contributed by atoms with Crippen LogP contribution in [0.2, 0.25) is 0 Å². The van der Waals surface area contributed by atoms with Crippen molar-refractivity contribution in [1.82, 2.24) is 19.7 Å². The van der Waals surface area contributed by atoms with Gasteiger partial charge in [0.15, 0.2) is 0 Å². The Kier molecular flexibility index (Phi) is 2.60. The fraction of sp³-hybridized carbons (Fsp3) is 0.333. The van der Waals surface area contributed by atoms with Gasteiger partial charge in [-0.15, -0.1) is 0 Å². The summed E-state index contributed by atoms with van der Waals surface area (Å²) in [5.74, 6) is 0.609. The number of aromatic nitrogens is 4. The molecule has 2 saturated carbocycles. The van der Waals surface area contributed by atoms with Crippen molar-refractivity contribution in [2.24, 2.45) is 0 Å². The van der Waals surface area contributed by atoms with E-state index in [0.717, 1.165) is 16.6 Å². The summed E-state index contributed by atoms with van der Waals surface area (Å²) >= 11 is 0. The molecule has 0 N–H and O–H groups in total. The first-order valence-corrected chi connectivity index (χ1v) is 8.05. The summed E-state index contributed by atoms with van der Waals surface area (Å²) in [5.41, 5.74) is 4.34.